The van der Waals surface area contributed by atoms with Gasteiger partial charge in [0.05, 0.1) is 17.3 Å². The summed E-state index contributed by atoms with van der Waals surface area (Å²) in [6.07, 6.45) is 3.27. The van der Waals surface area contributed by atoms with Crippen LogP contribution in [0.5, 0.6) is 5.75 Å². The minimum absolute atomic E-state index is 0.0638. The maximum Gasteiger partial charge on any atom is 0.323 e. The van der Waals surface area contributed by atoms with E-state index in [0.717, 1.165) is 5.56 Å². The van der Waals surface area contributed by atoms with Crippen molar-refractivity contribution >= 4 is 29.0 Å². The number of pyridine rings is 1. The van der Waals surface area contributed by atoms with Crippen molar-refractivity contribution in [3.8, 4) is 22.9 Å². The number of nitrogens with one attached hydrogen (secondary N) is 3. The van der Waals surface area contributed by atoms with Crippen LogP contribution >= 0.6 is 0 Å². The molecule has 3 aromatic rings. The lowest BCUT2D eigenvalue weighted by Gasteiger charge is -2.21. The quantitative estimate of drug-likeness (QED) is 0.637. The van der Waals surface area contributed by atoms with E-state index in [4.69, 9.17) is 4.74 Å². The Kier molecular flexibility index (Phi) is 4.78. The summed E-state index contributed by atoms with van der Waals surface area (Å²) in [5.74, 6) is 0.196. The van der Waals surface area contributed by atoms with Gasteiger partial charge in [-0.1, -0.05) is 6.07 Å². The van der Waals surface area contributed by atoms with E-state index in [1.165, 1.54) is 0 Å². The van der Waals surface area contributed by atoms with Gasteiger partial charge in [-0.25, -0.2) is 4.79 Å². The highest BCUT2D eigenvalue weighted by molar-refractivity contribution is 6.06. The van der Waals surface area contributed by atoms with Gasteiger partial charge in [-0.15, -0.1) is 0 Å². The van der Waals surface area contributed by atoms with E-state index >= 15 is 0 Å². The van der Waals surface area contributed by atoms with Crippen molar-refractivity contribution in [2.24, 2.45) is 0 Å². The van der Waals surface area contributed by atoms with E-state index in [1.54, 1.807) is 60.9 Å². The summed E-state index contributed by atoms with van der Waals surface area (Å²) >= 11 is 0. The number of nitrogens with zero attached hydrogens (tertiary/aromatic N) is 2. The van der Waals surface area contributed by atoms with Crippen LogP contribution in [-0.4, -0.2) is 23.5 Å². The Bertz CT molecular complexity index is 1140. The van der Waals surface area contributed by atoms with Crippen LogP contribution in [-0.2, 0) is 4.79 Å². The van der Waals surface area contributed by atoms with Gasteiger partial charge in [-0.3, -0.25) is 9.78 Å². The number of hydrogen-bond acceptors (Lipinski definition) is 5. The average molecular weight is 385 g/mol. The topological polar surface area (TPSA) is 116 Å². The van der Waals surface area contributed by atoms with Gasteiger partial charge in [0, 0.05) is 23.6 Å². The minimum Gasteiger partial charge on any atom is -0.481 e. The molecular formula is C21H15N5O3. The number of nitriles is 1. The summed E-state index contributed by atoms with van der Waals surface area (Å²) in [5, 5.41) is 17.5. The molecule has 2 heterocycles. The predicted octanol–water partition coefficient (Wildman–Crippen LogP) is 3.60. The molecule has 1 aromatic heterocycles. The molecule has 0 atom stereocenters. The van der Waals surface area contributed by atoms with Crippen LogP contribution < -0.4 is 20.7 Å². The molecule has 29 heavy (non-hydrogen) atoms. The van der Waals surface area contributed by atoms with Gasteiger partial charge in [0.25, 0.3) is 5.91 Å². The number of rotatable bonds is 3. The van der Waals surface area contributed by atoms with Crippen molar-refractivity contribution in [1.82, 2.24) is 4.98 Å². The molecule has 0 fully saturated rings. The van der Waals surface area contributed by atoms with Crippen LogP contribution in [0.4, 0.5) is 21.9 Å². The standard InChI is InChI=1S/C21H15N5O3/c22-11-14-4-5-15(10-16(14)13-6-8-23-9-7-13)24-21(28)25-17-2-1-3-18-20(17)26-19(27)12-29-18/h1-10H,12H2,(H,26,27)(H2,24,25,28). The fourth-order valence-corrected chi connectivity index (χ4v) is 2.98. The lowest BCUT2D eigenvalue weighted by molar-refractivity contribution is -0.118. The molecule has 0 saturated carbocycles. The number of fused-ring (bicyclic) bond motifs is 1. The Morgan fingerprint density at radius 3 is 2.76 bits per heavy atom. The third-order valence-corrected chi connectivity index (χ3v) is 4.29. The summed E-state index contributed by atoms with van der Waals surface area (Å²) in [4.78, 5) is 28.1. The zero-order chi connectivity index (χ0) is 20.2. The largest absolute Gasteiger partial charge is 0.481 e. The number of para-hydroxylation sites is 1. The molecule has 142 valence electrons. The fraction of sp³-hybridized carbons (Fsp3) is 0.0476. The molecule has 8 heteroatoms. The SMILES string of the molecule is N#Cc1ccc(NC(=O)Nc2cccc3c2NC(=O)CO3)cc1-c1ccncc1. The number of anilines is 3. The molecule has 1 aliphatic heterocycles. The number of aromatic nitrogens is 1. The molecular weight excluding hydrogens is 370 g/mol. The van der Waals surface area contributed by atoms with Crippen molar-refractivity contribution in [3.05, 3.63) is 66.5 Å². The van der Waals surface area contributed by atoms with E-state index in [9.17, 15) is 14.9 Å². The van der Waals surface area contributed by atoms with Crippen molar-refractivity contribution in [1.29, 1.82) is 5.26 Å². The van der Waals surface area contributed by atoms with Crippen LogP contribution in [0.15, 0.2) is 60.9 Å². The zero-order valence-electron chi connectivity index (χ0n) is 15.1. The summed E-state index contributed by atoms with van der Waals surface area (Å²) < 4.78 is 5.35. The molecule has 1 aliphatic rings. The Hall–Kier alpha value is -4.38. The van der Waals surface area contributed by atoms with Gasteiger partial charge in [0.15, 0.2) is 6.61 Å². The van der Waals surface area contributed by atoms with Gasteiger partial charge in [0.1, 0.15) is 11.4 Å². The maximum absolute atomic E-state index is 12.5. The molecule has 0 spiro atoms. The number of carbonyl (C=O) groups excluding carboxylic acids is 2. The number of urea groups is 1. The molecule has 4 rings (SSSR count). The highest BCUT2D eigenvalue weighted by Crippen LogP contribution is 2.35. The molecule has 8 nitrogen and oxygen atoms in total. The summed E-state index contributed by atoms with van der Waals surface area (Å²) in [7, 11) is 0. The first-order chi connectivity index (χ1) is 14.1. The predicted molar refractivity (Wildman–Crippen MR) is 108 cm³/mol. The Balaban J connectivity index is 1.56. The van der Waals surface area contributed by atoms with Crippen molar-refractivity contribution < 1.29 is 14.3 Å². The van der Waals surface area contributed by atoms with Gasteiger partial charge < -0.3 is 20.7 Å². The number of hydrogen-bond donors (Lipinski definition) is 3. The number of carbonyl (C=O) groups is 2. The lowest BCUT2D eigenvalue weighted by atomic mass is 10.0. The lowest BCUT2D eigenvalue weighted by Crippen LogP contribution is -2.27. The molecule has 0 saturated heterocycles. The van der Waals surface area contributed by atoms with Gasteiger partial charge in [0.2, 0.25) is 0 Å². The van der Waals surface area contributed by atoms with Gasteiger partial charge >= 0.3 is 6.03 Å². The normalized spacial score (nSPS) is 12.0. The Labute approximate surface area is 166 Å². The smallest absolute Gasteiger partial charge is 0.323 e. The first-order valence-corrected chi connectivity index (χ1v) is 8.72. The molecule has 0 radical (unpaired) electrons. The fourth-order valence-electron chi connectivity index (χ4n) is 2.98. The zero-order valence-corrected chi connectivity index (χ0v) is 15.1. The summed E-state index contributed by atoms with van der Waals surface area (Å²) in [6.45, 7) is -0.0638. The number of ether oxygens (including phenoxy) is 1. The number of amides is 3. The van der Waals surface area contributed by atoms with E-state index in [1.807, 2.05) is 0 Å². The average Bonchev–Trinajstić information content (AvgIpc) is 2.75. The monoisotopic (exact) mass is 385 g/mol. The van der Waals surface area contributed by atoms with E-state index in [-0.39, 0.29) is 12.5 Å². The van der Waals surface area contributed by atoms with E-state index in [2.05, 4.69) is 27.0 Å². The van der Waals surface area contributed by atoms with Crippen LogP contribution in [0, 0.1) is 11.3 Å². The highest BCUT2D eigenvalue weighted by Gasteiger charge is 2.20. The van der Waals surface area contributed by atoms with Crippen molar-refractivity contribution in [2.75, 3.05) is 22.6 Å². The molecule has 0 bridgehead atoms. The second-order valence-corrected chi connectivity index (χ2v) is 6.20. The Morgan fingerprint density at radius 2 is 1.97 bits per heavy atom. The van der Waals surface area contributed by atoms with Crippen LogP contribution in [0.1, 0.15) is 5.56 Å². The third-order valence-electron chi connectivity index (χ3n) is 4.29. The van der Waals surface area contributed by atoms with E-state index < -0.39 is 6.03 Å². The molecule has 0 unspecified atom stereocenters. The van der Waals surface area contributed by atoms with Gasteiger partial charge in [-0.05, 0) is 48.0 Å². The van der Waals surface area contributed by atoms with Crippen molar-refractivity contribution in [3.63, 3.8) is 0 Å². The molecule has 3 amide bonds. The summed E-state index contributed by atoms with van der Waals surface area (Å²) in [6, 6.07) is 15.3. The summed E-state index contributed by atoms with van der Waals surface area (Å²) in [5.41, 5.74) is 3.33. The number of benzene rings is 2. The second-order valence-electron chi connectivity index (χ2n) is 6.20. The van der Waals surface area contributed by atoms with Crippen LogP contribution in [0.3, 0.4) is 0 Å². The van der Waals surface area contributed by atoms with Crippen LogP contribution in [0.25, 0.3) is 11.1 Å². The van der Waals surface area contributed by atoms with E-state index in [0.29, 0.717) is 33.9 Å². The molecule has 3 N–H and O–H groups in total. The molecule has 2 aromatic carbocycles. The molecule has 0 aliphatic carbocycles. The van der Waals surface area contributed by atoms with Crippen LogP contribution in [0.2, 0.25) is 0 Å². The first-order valence-electron chi connectivity index (χ1n) is 8.72. The van der Waals surface area contributed by atoms with Crippen molar-refractivity contribution in [2.45, 2.75) is 0 Å². The minimum atomic E-state index is -0.497. The van der Waals surface area contributed by atoms with Gasteiger partial charge in [-0.2, -0.15) is 5.26 Å². The second kappa shape index (κ2) is 7.70. The first kappa shape index (κ1) is 18.0. The maximum atomic E-state index is 12.5. The highest BCUT2D eigenvalue weighted by atomic mass is 16.5. The third kappa shape index (κ3) is 3.84. The Morgan fingerprint density at radius 1 is 1.14 bits per heavy atom.